The number of imidazole rings is 1. The van der Waals surface area contributed by atoms with E-state index in [4.69, 9.17) is 9.47 Å². The lowest BCUT2D eigenvalue weighted by molar-refractivity contribution is 0.0471. The average molecular weight is 301 g/mol. The van der Waals surface area contributed by atoms with Crippen LogP contribution in [0, 0.1) is 0 Å². The Morgan fingerprint density at radius 3 is 3.05 bits per heavy atom. The fourth-order valence-electron chi connectivity index (χ4n) is 3.29. The van der Waals surface area contributed by atoms with Crippen LogP contribution in [0.3, 0.4) is 0 Å². The SMILES string of the molecule is O[C@@H]1CN(Cc2cnc[nH]2)CC[C@H]1c1ccc2c(c1)OCO2. The highest BCUT2D eigenvalue weighted by Gasteiger charge is 2.30. The van der Waals surface area contributed by atoms with E-state index in [9.17, 15) is 5.11 Å². The molecule has 6 nitrogen and oxygen atoms in total. The molecule has 3 heterocycles. The summed E-state index contributed by atoms with van der Waals surface area (Å²) in [6, 6.07) is 5.97. The molecule has 6 heteroatoms. The largest absolute Gasteiger partial charge is 0.454 e. The van der Waals surface area contributed by atoms with E-state index in [0.717, 1.165) is 42.3 Å². The van der Waals surface area contributed by atoms with Gasteiger partial charge in [-0.15, -0.1) is 0 Å². The lowest BCUT2D eigenvalue weighted by Crippen LogP contribution is -2.42. The zero-order valence-corrected chi connectivity index (χ0v) is 12.2. The highest BCUT2D eigenvalue weighted by Crippen LogP contribution is 2.37. The Bertz CT molecular complexity index is 644. The van der Waals surface area contributed by atoms with E-state index in [1.807, 2.05) is 24.4 Å². The smallest absolute Gasteiger partial charge is 0.231 e. The number of hydrogen-bond acceptors (Lipinski definition) is 5. The predicted molar refractivity (Wildman–Crippen MR) is 79.8 cm³/mol. The van der Waals surface area contributed by atoms with Crippen LogP contribution in [-0.2, 0) is 6.54 Å². The number of aromatic nitrogens is 2. The van der Waals surface area contributed by atoms with Gasteiger partial charge < -0.3 is 19.6 Å². The summed E-state index contributed by atoms with van der Waals surface area (Å²) < 4.78 is 10.8. The minimum atomic E-state index is -0.378. The van der Waals surface area contributed by atoms with Gasteiger partial charge in [-0.3, -0.25) is 4.90 Å². The number of benzene rings is 1. The van der Waals surface area contributed by atoms with Crippen molar-refractivity contribution in [1.82, 2.24) is 14.9 Å². The third-order valence-corrected chi connectivity index (χ3v) is 4.44. The molecule has 2 N–H and O–H groups in total. The summed E-state index contributed by atoms with van der Waals surface area (Å²) in [5.74, 6) is 1.71. The van der Waals surface area contributed by atoms with Gasteiger partial charge in [0.1, 0.15) is 0 Å². The lowest BCUT2D eigenvalue weighted by Gasteiger charge is -2.36. The van der Waals surface area contributed by atoms with Gasteiger partial charge in [-0.2, -0.15) is 0 Å². The molecular weight excluding hydrogens is 282 g/mol. The molecule has 2 aliphatic rings. The molecular formula is C16H19N3O3. The normalized spacial score (nSPS) is 24.6. The zero-order chi connectivity index (χ0) is 14.9. The second kappa shape index (κ2) is 5.62. The molecule has 0 radical (unpaired) electrons. The number of aliphatic hydroxyl groups excluding tert-OH is 1. The van der Waals surface area contributed by atoms with Gasteiger partial charge in [0.15, 0.2) is 11.5 Å². The van der Waals surface area contributed by atoms with Gasteiger partial charge >= 0.3 is 0 Å². The second-order valence-electron chi connectivity index (χ2n) is 5.89. The Balaban J connectivity index is 1.44. The monoisotopic (exact) mass is 301 g/mol. The molecule has 2 atom stereocenters. The van der Waals surface area contributed by atoms with Gasteiger partial charge in [0.2, 0.25) is 6.79 Å². The molecule has 0 bridgehead atoms. The van der Waals surface area contributed by atoms with E-state index in [2.05, 4.69) is 14.9 Å². The Hall–Kier alpha value is -2.05. The summed E-state index contributed by atoms with van der Waals surface area (Å²) in [5, 5.41) is 10.5. The van der Waals surface area contributed by atoms with Crippen LogP contribution in [0.15, 0.2) is 30.7 Å². The van der Waals surface area contributed by atoms with Crippen molar-refractivity contribution in [3.05, 3.63) is 42.0 Å². The molecule has 0 amide bonds. The lowest BCUT2D eigenvalue weighted by atomic mass is 9.87. The molecule has 1 fully saturated rings. The van der Waals surface area contributed by atoms with Crippen molar-refractivity contribution in [1.29, 1.82) is 0 Å². The Morgan fingerprint density at radius 1 is 1.32 bits per heavy atom. The number of ether oxygens (including phenoxy) is 2. The molecule has 0 unspecified atom stereocenters. The van der Waals surface area contributed by atoms with E-state index >= 15 is 0 Å². The number of likely N-dealkylation sites (tertiary alicyclic amines) is 1. The summed E-state index contributed by atoms with van der Waals surface area (Å²) in [6.45, 7) is 2.70. The fourth-order valence-corrected chi connectivity index (χ4v) is 3.29. The summed E-state index contributed by atoms with van der Waals surface area (Å²) in [6.07, 6.45) is 4.06. The molecule has 4 rings (SSSR count). The number of aromatic amines is 1. The molecule has 1 aromatic heterocycles. The van der Waals surface area contributed by atoms with E-state index in [-0.39, 0.29) is 18.8 Å². The minimum Gasteiger partial charge on any atom is -0.454 e. The third-order valence-electron chi connectivity index (χ3n) is 4.44. The fraction of sp³-hybridized carbons (Fsp3) is 0.438. The maximum atomic E-state index is 10.5. The van der Waals surface area contributed by atoms with Crippen molar-refractivity contribution in [3.63, 3.8) is 0 Å². The van der Waals surface area contributed by atoms with Crippen molar-refractivity contribution >= 4 is 0 Å². The standard InChI is InChI=1S/C16H19N3O3/c20-14-8-19(7-12-6-17-9-18-12)4-3-13(14)11-1-2-15-16(5-11)22-10-21-15/h1-2,5-6,9,13-14,20H,3-4,7-8,10H2,(H,17,18)/t13-,14+/m0/s1. The summed E-state index contributed by atoms with van der Waals surface area (Å²) in [7, 11) is 0. The van der Waals surface area contributed by atoms with Crippen LogP contribution in [-0.4, -0.2) is 46.0 Å². The number of fused-ring (bicyclic) bond motifs is 1. The van der Waals surface area contributed by atoms with Gasteiger partial charge in [-0.05, 0) is 30.7 Å². The van der Waals surface area contributed by atoms with E-state index < -0.39 is 0 Å². The Morgan fingerprint density at radius 2 is 2.23 bits per heavy atom. The van der Waals surface area contributed by atoms with E-state index in [1.165, 1.54) is 0 Å². The third kappa shape index (κ3) is 2.55. The molecule has 22 heavy (non-hydrogen) atoms. The molecule has 2 aromatic rings. The maximum absolute atomic E-state index is 10.5. The van der Waals surface area contributed by atoms with Crippen LogP contribution in [0.4, 0.5) is 0 Å². The van der Waals surface area contributed by atoms with Crippen LogP contribution in [0.5, 0.6) is 11.5 Å². The topological polar surface area (TPSA) is 70.6 Å². The van der Waals surface area contributed by atoms with Gasteiger partial charge in [-0.25, -0.2) is 4.98 Å². The number of hydrogen-bond donors (Lipinski definition) is 2. The van der Waals surface area contributed by atoms with Crippen molar-refractivity contribution in [3.8, 4) is 11.5 Å². The Kier molecular flexibility index (Phi) is 3.48. The number of rotatable bonds is 3. The number of piperidine rings is 1. The van der Waals surface area contributed by atoms with Crippen molar-refractivity contribution in [2.24, 2.45) is 0 Å². The van der Waals surface area contributed by atoms with Crippen molar-refractivity contribution < 1.29 is 14.6 Å². The van der Waals surface area contributed by atoms with Crippen molar-refractivity contribution in [2.45, 2.75) is 25.0 Å². The van der Waals surface area contributed by atoms with Crippen LogP contribution in [0.25, 0.3) is 0 Å². The second-order valence-corrected chi connectivity index (χ2v) is 5.89. The summed E-state index contributed by atoms with van der Waals surface area (Å²) >= 11 is 0. The highest BCUT2D eigenvalue weighted by atomic mass is 16.7. The van der Waals surface area contributed by atoms with Crippen LogP contribution < -0.4 is 9.47 Å². The number of nitrogens with zero attached hydrogens (tertiary/aromatic N) is 2. The molecule has 1 saturated heterocycles. The molecule has 0 aliphatic carbocycles. The first-order valence-corrected chi connectivity index (χ1v) is 7.57. The van der Waals surface area contributed by atoms with Gasteiger partial charge in [-0.1, -0.05) is 6.07 Å². The van der Waals surface area contributed by atoms with E-state index in [1.54, 1.807) is 6.33 Å². The highest BCUT2D eigenvalue weighted by molar-refractivity contribution is 5.45. The quantitative estimate of drug-likeness (QED) is 0.899. The van der Waals surface area contributed by atoms with E-state index in [0.29, 0.717) is 6.54 Å². The summed E-state index contributed by atoms with van der Waals surface area (Å²) in [5.41, 5.74) is 2.20. The van der Waals surface area contributed by atoms with Crippen LogP contribution in [0.2, 0.25) is 0 Å². The number of nitrogens with one attached hydrogen (secondary N) is 1. The van der Waals surface area contributed by atoms with Gasteiger partial charge in [0.05, 0.1) is 12.4 Å². The molecule has 0 spiro atoms. The molecule has 116 valence electrons. The first-order chi connectivity index (χ1) is 10.8. The number of H-pyrrole nitrogens is 1. The average Bonchev–Trinajstić information content (AvgIpc) is 3.17. The Labute approximate surface area is 128 Å². The first kappa shape index (κ1) is 13.6. The van der Waals surface area contributed by atoms with Crippen LogP contribution in [0.1, 0.15) is 23.6 Å². The molecule has 2 aliphatic heterocycles. The number of β-amino-alcohol motifs (C(OH)–C–C–N with tert-alkyl or cyclic N) is 1. The predicted octanol–water partition coefficient (Wildman–Crippen LogP) is 1.49. The minimum absolute atomic E-state index is 0.146. The van der Waals surface area contributed by atoms with Crippen molar-refractivity contribution in [2.75, 3.05) is 19.9 Å². The maximum Gasteiger partial charge on any atom is 0.231 e. The molecule has 1 aromatic carbocycles. The number of aliphatic hydroxyl groups is 1. The van der Waals surface area contributed by atoms with Gasteiger partial charge in [0.25, 0.3) is 0 Å². The first-order valence-electron chi connectivity index (χ1n) is 7.57. The zero-order valence-electron chi connectivity index (χ0n) is 12.2. The van der Waals surface area contributed by atoms with Gasteiger partial charge in [0, 0.05) is 30.9 Å². The molecule has 0 saturated carbocycles. The van der Waals surface area contributed by atoms with Crippen LogP contribution >= 0.6 is 0 Å². The summed E-state index contributed by atoms with van der Waals surface area (Å²) in [4.78, 5) is 9.39.